The molecule has 0 bridgehead atoms. The number of carboxylic acid groups (broad SMARTS) is 1. The van der Waals surface area contributed by atoms with E-state index in [0.29, 0.717) is 23.4 Å². The molecule has 1 N–H and O–H groups in total. The third kappa shape index (κ3) is 5.59. The van der Waals surface area contributed by atoms with Gasteiger partial charge in [0.2, 0.25) is 0 Å². The van der Waals surface area contributed by atoms with E-state index >= 15 is 0 Å². The zero-order valence-electron chi connectivity index (χ0n) is 16.2. The summed E-state index contributed by atoms with van der Waals surface area (Å²) in [5.41, 5.74) is 3.12. The summed E-state index contributed by atoms with van der Waals surface area (Å²) in [6.45, 7) is 2.18. The maximum Gasteiger partial charge on any atom is 0.417 e. The van der Waals surface area contributed by atoms with Crippen molar-refractivity contribution in [2.75, 3.05) is 0 Å². The Morgan fingerprint density at radius 2 is 1.90 bits per heavy atom. The van der Waals surface area contributed by atoms with Crippen molar-refractivity contribution in [3.05, 3.63) is 83.0 Å². The number of aryl methyl sites for hydroxylation is 2. The first kappa shape index (κ1) is 21.4. The first-order valence-corrected chi connectivity index (χ1v) is 9.29. The summed E-state index contributed by atoms with van der Waals surface area (Å²) in [7, 11) is 0. The van der Waals surface area contributed by atoms with Gasteiger partial charge in [0, 0.05) is 18.2 Å². The van der Waals surface area contributed by atoms with Crippen LogP contribution >= 0.6 is 0 Å². The SMILES string of the molecule is Cc1cc(OCc2cccc(-c3ccc(C(F)(F)F)cn3)c2)ccc1CCC(=O)O. The van der Waals surface area contributed by atoms with Gasteiger partial charge in [-0.2, -0.15) is 13.2 Å². The van der Waals surface area contributed by atoms with E-state index in [-0.39, 0.29) is 13.0 Å². The summed E-state index contributed by atoms with van der Waals surface area (Å²) in [5, 5.41) is 8.81. The lowest BCUT2D eigenvalue weighted by molar-refractivity contribution is -0.138. The van der Waals surface area contributed by atoms with Crippen LogP contribution in [0.1, 0.15) is 28.7 Å². The molecule has 2 aromatic carbocycles. The number of alkyl halides is 3. The number of carboxylic acids is 1. The number of pyridine rings is 1. The zero-order valence-corrected chi connectivity index (χ0v) is 16.2. The molecule has 0 fully saturated rings. The van der Waals surface area contributed by atoms with Crippen molar-refractivity contribution in [3.63, 3.8) is 0 Å². The summed E-state index contributed by atoms with van der Waals surface area (Å²) >= 11 is 0. The number of halogens is 3. The molecule has 1 aromatic heterocycles. The smallest absolute Gasteiger partial charge is 0.417 e. The molecule has 7 heteroatoms. The van der Waals surface area contributed by atoms with Crippen molar-refractivity contribution in [3.8, 4) is 17.0 Å². The Morgan fingerprint density at radius 3 is 2.53 bits per heavy atom. The van der Waals surface area contributed by atoms with Gasteiger partial charge < -0.3 is 9.84 Å². The Balaban J connectivity index is 1.67. The van der Waals surface area contributed by atoms with Crippen molar-refractivity contribution >= 4 is 5.97 Å². The maximum absolute atomic E-state index is 12.7. The van der Waals surface area contributed by atoms with Gasteiger partial charge >= 0.3 is 12.1 Å². The van der Waals surface area contributed by atoms with Crippen LogP contribution in [0.4, 0.5) is 13.2 Å². The molecule has 0 saturated heterocycles. The molecule has 0 atom stereocenters. The van der Waals surface area contributed by atoms with Gasteiger partial charge in [-0.25, -0.2) is 0 Å². The molecular formula is C23H20F3NO3. The molecule has 0 amide bonds. The van der Waals surface area contributed by atoms with Gasteiger partial charge in [0.1, 0.15) is 12.4 Å². The highest BCUT2D eigenvalue weighted by Gasteiger charge is 2.30. The molecule has 0 radical (unpaired) electrons. The molecule has 156 valence electrons. The van der Waals surface area contributed by atoms with Gasteiger partial charge in [-0.15, -0.1) is 0 Å². The number of benzene rings is 2. The summed E-state index contributed by atoms with van der Waals surface area (Å²) in [5.74, 6) is -0.179. The molecular weight excluding hydrogens is 395 g/mol. The van der Waals surface area contributed by atoms with E-state index in [4.69, 9.17) is 9.84 Å². The second kappa shape index (κ2) is 8.98. The monoisotopic (exact) mass is 415 g/mol. The Kier molecular flexibility index (Phi) is 6.40. The largest absolute Gasteiger partial charge is 0.489 e. The third-order valence-corrected chi connectivity index (χ3v) is 4.64. The fraction of sp³-hybridized carbons (Fsp3) is 0.217. The first-order valence-electron chi connectivity index (χ1n) is 9.29. The fourth-order valence-corrected chi connectivity index (χ4v) is 3.00. The predicted molar refractivity (Wildman–Crippen MR) is 106 cm³/mol. The van der Waals surface area contributed by atoms with Crippen LogP contribution in [0.25, 0.3) is 11.3 Å². The van der Waals surface area contributed by atoms with Crippen LogP contribution in [0.2, 0.25) is 0 Å². The van der Waals surface area contributed by atoms with Gasteiger partial charge in [0.05, 0.1) is 11.3 Å². The Labute approximate surface area is 172 Å². The van der Waals surface area contributed by atoms with Crippen LogP contribution in [0.15, 0.2) is 60.8 Å². The van der Waals surface area contributed by atoms with Crippen LogP contribution in [-0.4, -0.2) is 16.1 Å². The number of nitrogens with zero attached hydrogens (tertiary/aromatic N) is 1. The van der Waals surface area contributed by atoms with Crippen molar-refractivity contribution in [2.45, 2.75) is 32.5 Å². The summed E-state index contributed by atoms with van der Waals surface area (Å²) in [6.07, 6.45) is -3.05. The lowest BCUT2D eigenvalue weighted by Crippen LogP contribution is -2.05. The van der Waals surface area contributed by atoms with E-state index in [9.17, 15) is 18.0 Å². The van der Waals surface area contributed by atoms with E-state index in [0.717, 1.165) is 29.0 Å². The molecule has 0 aliphatic carbocycles. The summed E-state index contributed by atoms with van der Waals surface area (Å²) in [6, 6.07) is 15.1. The number of aliphatic carboxylic acids is 1. The van der Waals surface area contributed by atoms with Crippen LogP contribution in [-0.2, 0) is 24.0 Å². The lowest BCUT2D eigenvalue weighted by atomic mass is 10.0. The van der Waals surface area contributed by atoms with E-state index in [1.807, 2.05) is 31.2 Å². The number of carbonyl (C=O) groups is 1. The minimum atomic E-state index is -4.41. The summed E-state index contributed by atoms with van der Waals surface area (Å²) < 4.78 is 43.9. The number of ether oxygens (including phenoxy) is 1. The Morgan fingerprint density at radius 1 is 1.10 bits per heavy atom. The Bertz CT molecular complexity index is 1030. The van der Waals surface area contributed by atoms with Crippen LogP contribution in [0, 0.1) is 6.92 Å². The molecule has 1 heterocycles. The number of hydrogen-bond donors (Lipinski definition) is 1. The van der Waals surface area contributed by atoms with Crippen LogP contribution < -0.4 is 4.74 Å². The highest BCUT2D eigenvalue weighted by molar-refractivity contribution is 5.67. The van der Waals surface area contributed by atoms with Gasteiger partial charge in [0.25, 0.3) is 0 Å². The van der Waals surface area contributed by atoms with E-state index in [2.05, 4.69) is 4.98 Å². The van der Waals surface area contributed by atoms with Crippen molar-refractivity contribution in [1.82, 2.24) is 4.98 Å². The standard InChI is InChI=1S/C23H20F3NO3/c1-15-11-20(8-5-17(15)6-10-22(28)29)30-14-16-3-2-4-18(12-16)21-9-7-19(13-27-21)23(24,25)26/h2-5,7-9,11-13H,6,10,14H2,1H3,(H,28,29). The van der Waals surface area contributed by atoms with Crippen molar-refractivity contribution < 1.29 is 27.8 Å². The number of hydrogen-bond acceptors (Lipinski definition) is 3. The molecule has 3 aromatic rings. The first-order chi connectivity index (χ1) is 14.2. The highest BCUT2D eigenvalue weighted by atomic mass is 19.4. The zero-order chi connectivity index (χ0) is 21.7. The van der Waals surface area contributed by atoms with Gasteiger partial charge in [0.15, 0.2) is 0 Å². The number of aromatic nitrogens is 1. The molecule has 0 unspecified atom stereocenters. The quantitative estimate of drug-likeness (QED) is 0.540. The summed E-state index contributed by atoms with van der Waals surface area (Å²) in [4.78, 5) is 14.6. The minimum absolute atomic E-state index is 0.0752. The van der Waals surface area contributed by atoms with Crippen LogP contribution in [0.5, 0.6) is 5.75 Å². The minimum Gasteiger partial charge on any atom is -0.489 e. The lowest BCUT2D eigenvalue weighted by Gasteiger charge is -2.11. The highest BCUT2D eigenvalue weighted by Crippen LogP contribution is 2.30. The van der Waals surface area contributed by atoms with Crippen LogP contribution in [0.3, 0.4) is 0 Å². The second-order valence-electron chi connectivity index (χ2n) is 6.90. The predicted octanol–water partition coefficient (Wildman–Crippen LogP) is 5.67. The normalized spacial score (nSPS) is 11.3. The molecule has 0 aliphatic rings. The molecule has 3 rings (SSSR count). The van der Waals surface area contributed by atoms with Gasteiger partial charge in [-0.1, -0.05) is 24.3 Å². The average molecular weight is 415 g/mol. The van der Waals surface area contributed by atoms with Gasteiger partial charge in [-0.3, -0.25) is 9.78 Å². The molecule has 30 heavy (non-hydrogen) atoms. The molecule has 0 spiro atoms. The van der Waals surface area contributed by atoms with E-state index in [1.54, 1.807) is 18.2 Å². The van der Waals surface area contributed by atoms with E-state index in [1.165, 1.54) is 6.07 Å². The average Bonchev–Trinajstić information content (AvgIpc) is 2.71. The maximum atomic E-state index is 12.7. The van der Waals surface area contributed by atoms with Gasteiger partial charge in [-0.05, 0) is 60.4 Å². The fourth-order valence-electron chi connectivity index (χ4n) is 3.00. The molecule has 0 aliphatic heterocycles. The van der Waals surface area contributed by atoms with Crippen molar-refractivity contribution in [1.29, 1.82) is 0 Å². The van der Waals surface area contributed by atoms with Crippen molar-refractivity contribution in [2.24, 2.45) is 0 Å². The topological polar surface area (TPSA) is 59.4 Å². The molecule has 0 saturated carbocycles. The Hall–Kier alpha value is -3.35. The second-order valence-corrected chi connectivity index (χ2v) is 6.90. The molecule has 4 nitrogen and oxygen atoms in total. The third-order valence-electron chi connectivity index (χ3n) is 4.64. The number of rotatable bonds is 7. The van der Waals surface area contributed by atoms with E-state index < -0.39 is 17.7 Å².